The lowest BCUT2D eigenvalue weighted by molar-refractivity contribution is 0.0787. The Labute approximate surface area is 172 Å². The van der Waals surface area contributed by atoms with E-state index in [1.54, 1.807) is 44.4 Å². The van der Waals surface area contributed by atoms with Gasteiger partial charge in [-0.2, -0.15) is 0 Å². The highest BCUT2D eigenvalue weighted by Crippen LogP contribution is 2.27. The van der Waals surface area contributed by atoms with Crippen LogP contribution >= 0.6 is 0 Å². The predicted octanol–water partition coefficient (Wildman–Crippen LogP) is 2.94. The number of hydrogen-bond donors (Lipinski definition) is 1. The largest absolute Gasteiger partial charge is 0.493 e. The fourth-order valence-corrected chi connectivity index (χ4v) is 2.82. The topological polar surface area (TPSA) is 80.8 Å². The van der Waals surface area contributed by atoms with E-state index in [2.05, 4.69) is 17.2 Å². The van der Waals surface area contributed by atoms with Gasteiger partial charge in [-0.25, -0.2) is 4.98 Å². The molecule has 0 unspecified atom stereocenters. The third-order valence-electron chi connectivity index (χ3n) is 4.54. The zero-order valence-corrected chi connectivity index (χ0v) is 17.5. The molecule has 0 radical (unpaired) electrons. The van der Waals surface area contributed by atoms with Gasteiger partial charge in [-0.1, -0.05) is 25.5 Å². The number of benzene rings is 1. The standard InChI is InChI=1S/C22H29N3O4/c1-5-6-14-25(2)22(27)18-9-7-8-17(24-18)21(26)23-13-12-16-10-11-19(28-3)20(15-16)29-4/h7-11,15H,5-6,12-14H2,1-4H3,(H,23,26). The summed E-state index contributed by atoms with van der Waals surface area (Å²) >= 11 is 0. The zero-order chi connectivity index (χ0) is 21.2. The highest BCUT2D eigenvalue weighted by Gasteiger charge is 2.15. The van der Waals surface area contributed by atoms with Gasteiger partial charge in [-0.05, 0) is 42.7 Å². The number of methoxy groups -OCH3 is 2. The van der Waals surface area contributed by atoms with Crippen molar-refractivity contribution in [1.29, 1.82) is 0 Å². The minimum absolute atomic E-state index is 0.182. The van der Waals surface area contributed by atoms with Crippen LogP contribution in [0.4, 0.5) is 0 Å². The molecule has 1 N–H and O–H groups in total. The Morgan fingerprint density at radius 3 is 2.48 bits per heavy atom. The van der Waals surface area contributed by atoms with Gasteiger partial charge in [-0.3, -0.25) is 9.59 Å². The number of amides is 2. The van der Waals surface area contributed by atoms with Crippen molar-refractivity contribution in [3.05, 3.63) is 53.3 Å². The van der Waals surface area contributed by atoms with Crippen LogP contribution in [0.5, 0.6) is 11.5 Å². The van der Waals surface area contributed by atoms with Crippen LogP contribution in [0.25, 0.3) is 0 Å². The first-order valence-corrected chi connectivity index (χ1v) is 9.71. The normalized spacial score (nSPS) is 10.3. The summed E-state index contributed by atoms with van der Waals surface area (Å²) in [5.41, 5.74) is 1.51. The number of rotatable bonds is 10. The molecule has 0 aliphatic heterocycles. The lowest BCUT2D eigenvalue weighted by atomic mass is 10.1. The lowest BCUT2D eigenvalue weighted by Crippen LogP contribution is -2.30. The second-order valence-corrected chi connectivity index (χ2v) is 6.68. The molecule has 2 amide bonds. The summed E-state index contributed by atoms with van der Waals surface area (Å²) in [6, 6.07) is 10.6. The van der Waals surface area contributed by atoms with Crippen LogP contribution in [-0.4, -0.2) is 56.1 Å². The maximum Gasteiger partial charge on any atom is 0.272 e. The summed E-state index contributed by atoms with van der Waals surface area (Å²) in [4.78, 5) is 30.7. The fourth-order valence-electron chi connectivity index (χ4n) is 2.82. The summed E-state index contributed by atoms with van der Waals surface area (Å²) in [6.45, 7) is 3.17. The molecule has 156 valence electrons. The van der Waals surface area contributed by atoms with Gasteiger partial charge in [0.1, 0.15) is 11.4 Å². The number of nitrogens with zero attached hydrogens (tertiary/aromatic N) is 2. The summed E-state index contributed by atoms with van der Waals surface area (Å²) in [5, 5.41) is 2.84. The second-order valence-electron chi connectivity index (χ2n) is 6.68. The van der Waals surface area contributed by atoms with Gasteiger partial charge in [0, 0.05) is 20.1 Å². The summed E-state index contributed by atoms with van der Waals surface area (Å²) in [5.74, 6) is 0.820. The van der Waals surface area contributed by atoms with Gasteiger partial charge in [-0.15, -0.1) is 0 Å². The number of hydrogen-bond acceptors (Lipinski definition) is 5. The van der Waals surface area contributed by atoms with E-state index in [-0.39, 0.29) is 23.2 Å². The molecule has 2 aromatic rings. The Morgan fingerprint density at radius 2 is 1.79 bits per heavy atom. The van der Waals surface area contributed by atoms with Crippen LogP contribution in [0.3, 0.4) is 0 Å². The SMILES string of the molecule is CCCCN(C)C(=O)c1cccc(C(=O)NCCc2ccc(OC)c(OC)c2)n1. The highest BCUT2D eigenvalue weighted by molar-refractivity contribution is 5.96. The molecule has 0 bridgehead atoms. The second kappa shape index (κ2) is 11.0. The van der Waals surface area contributed by atoms with Crippen LogP contribution in [0.2, 0.25) is 0 Å². The number of pyridine rings is 1. The minimum Gasteiger partial charge on any atom is -0.493 e. The van der Waals surface area contributed by atoms with Crippen LogP contribution in [0.1, 0.15) is 46.3 Å². The minimum atomic E-state index is -0.309. The van der Waals surface area contributed by atoms with Crippen LogP contribution in [0.15, 0.2) is 36.4 Å². The van der Waals surface area contributed by atoms with Gasteiger partial charge in [0.25, 0.3) is 11.8 Å². The van der Waals surface area contributed by atoms with Crippen molar-refractivity contribution in [3.8, 4) is 11.5 Å². The third kappa shape index (κ3) is 6.20. The van der Waals surface area contributed by atoms with E-state index in [9.17, 15) is 9.59 Å². The molecular weight excluding hydrogens is 370 g/mol. The van der Waals surface area contributed by atoms with Crippen molar-refractivity contribution in [2.45, 2.75) is 26.2 Å². The average Bonchev–Trinajstić information content (AvgIpc) is 2.76. The van der Waals surface area contributed by atoms with E-state index in [4.69, 9.17) is 9.47 Å². The molecule has 2 rings (SSSR count). The molecule has 0 aliphatic rings. The molecule has 7 heteroatoms. The van der Waals surface area contributed by atoms with Gasteiger partial charge < -0.3 is 19.7 Å². The number of unbranched alkanes of at least 4 members (excludes halogenated alkanes) is 1. The molecular formula is C22H29N3O4. The summed E-state index contributed by atoms with van der Waals surface area (Å²) in [7, 11) is 4.92. The van der Waals surface area contributed by atoms with Crippen molar-refractivity contribution in [2.24, 2.45) is 0 Å². The van der Waals surface area contributed by atoms with E-state index in [0.717, 1.165) is 18.4 Å². The average molecular weight is 399 g/mol. The van der Waals surface area contributed by atoms with Gasteiger partial charge in [0.2, 0.25) is 0 Å². The van der Waals surface area contributed by atoms with Crippen LogP contribution in [0, 0.1) is 0 Å². The van der Waals surface area contributed by atoms with Gasteiger partial charge in [0.05, 0.1) is 14.2 Å². The zero-order valence-electron chi connectivity index (χ0n) is 17.5. The van der Waals surface area contributed by atoms with Crippen molar-refractivity contribution in [3.63, 3.8) is 0 Å². The molecule has 1 aromatic carbocycles. The number of carbonyl (C=O) groups is 2. The Hall–Kier alpha value is -3.09. The molecule has 0 fully saturated rings. The fraction of sp³-hybridized carbons (Fsp3) is 0.409. The van der Waals surface area contributed by atoms with Gasteiger partial charge >= 0.3 is 0 Å². The molecule has 7 nitrogen and oxygen atoms in total. The Balaban J connectivity index is 1.95. The van der Waals surface area contributed by atoms with E-state index in [1.165, 1.54) is 0 Å². The Kier molecular flexibility index (Phi) is 8.45. The maximum atomic E-state index is 12.4. The maximum absolute atomic E-state index is 12.4. The first-order chi connectivity index (χ1) is 14.0. The smallest absolute Gasteiger partial charge is 0.272 e. The Morgan fingerprint density at radius 1 is 1.07 bits per heavy atom. The van der Waals surface area contributed by atoms with Crippen molar-refractivity contribution < 1.29 is 19.1 Å². The van der Waals surface area contributed by atoms with E-state index in [0.29, 0.717) is 31.0 Å². The quantitative estimate of drug-likeness (QED) is 0.664. The van der Waals surface area contributed by atoms with Gasteiger partial charge in [0.15, 0.2) is 11.5 Å². The number of ether oxygens (including phenoxy) is 2. The van der Waals surface area contributed by atoms with Crippen LogP contribution in [-0.2, 0) is 6.42 Å². The predicted molar refractivity (Wildman–Crippen MR) is 112 cm³/mol. The number of aromatic nitrogens is 1. The van der Waals surface area contributed by atoms with Crippen molar-refractivity contribution >= 4 is 11.8 Å². The van der Waals surface area contributed by atoms with E-state index < -0.39 is 0 Å². The van der Waals surface area contributed by atoms with Crippen molar-refractivity contribution in [1.82, 2.24) is 15.2 Å². The third-order valence-corrected chi connectivity index (χ3v) is 4.54. The van der Waals surface area contributed by atoms with Crippen LogP contribution < -0.4 is 14.8 Å². The Bertz CT molecular complexity index is 839. The first kappa shape index (κ1) is 22.2. The molecule has 0 spiro atoms. The summed E-state index contributed by atoms with van der Waals surface area (Å²) in [6.07, 6.45) is 2.57. The summed E-state index contributed by atoms with van der Waals surface area (Å²) < 4.78 is 10.5. The van der Waals surface area contributed by atoms with Crippen molar-refractivity contribution in [2.75, 3.05) is 34.4 Å². The van der Waals surface area contributed by atoms with E-state index >= 15 is 0 Å². The molecule has 29 heavy (non-hydrogen) atoms. The molecule has 0 saturated heterocycles. The molecule has 1 aromatic heterocycles. The number of carbonyl (C=O) groups excluding carboxylic acids is 2. The lowest BCUT2D eigenvalue weighted by Gasteiger charge is -2.16. The monoisotopic (exact) mass is 399 g/mol. The molecule has 1 heterocycles. The highest BCUT2D eigenvalue weighted by atomic mass is 16.5. The molecule has 0 atom stereocenters. The molecule has 0 saturated carbocycles. The first-order valence-electron chi connectivity index (χ1n) is 9.71. The van der Waals surface area contributed by atoms with E-state index in [1.807, 2.05) is 18.2 Å². The number of nitrogens with one attached hydrogen (secondary N) is 1. The molecule has 0 aliphatic carbocycles.